The first-order chi connectivity index (χ1) is 20.1. The van der Waals surface area contributed by atoms with Gasteiger partial charge in [-0.2, -0.15) is 0 Å². The van der Waals surface area contributed by atoms with Gasteiger partial charge in [-0.05, 0) is 56.9 Å². The van der Waals surface area contributed by atoms with E-state index in [1.807, 2.05) is 12.1 Å². The lowest BCUT2D eigenvalue weighted by Gasteiger charge is -2.29. The highest BCUT2D eigenvalue weighted by atomic mass is 16.5. The molecule has 3 N–H and O–H groups in total. The number of aromatic nitrogens is 3. The zero-order valence-electron chi connectivity index (χ0n) is 24.6. The summed E-state index contributed by atoms with van der Waals surface area (Å²) < 4.78 is 14.1. The maximum Gasteiger partial charge on any atom is 0.227 e. The number of rotatable bonds is 12. The molecule has 0 fully saturated rings. The van der Waals surface area contributed by atoms with Gasteiger partial charge in [-0.15, -0.1) is 0 Å². The number of hydrogen-bond acceptors (Lipinski definition) is 8. The van der Waals surface area contributed by atoms with Crippen molar-refractivity contribution < 1.29 is 9.47 Å². The minimum Gasteiger partial charge on any atom is -0.494 e. The number of para-hydroxylation sites is 1. The van der Waals surface area contributed by atoms with Crippen LogP contribution in [0, 0.1) is 0 Å². The summed E-state index contributed by atoms with van der Waals surface area (Å²) in [6, 6.07) is 14.7. The maximum absolute atomic E-state index is 5.88. The van der Waals surface area contributed by atoms with E-state index in [-0.39, 0.29) is 0 Å². The number of methoxy groups -OCH3 is 1. The Balaban J connectivity index is 1.51. The smallest absolute Gasteiger partial charge is 0.227 e. The minimum atomic E-state index is 0.506. The Hall–Kier alpha value is -4.08. The van der Waals surface area contributed by atoms with Crippen LogP contribution in [0.25, 0.3) is 22.2 Å². The number of likely N-dealkylation sites (N-methyl/N-ethyl adjacent to an activating group) is 2. The van der Waals surface area contributed by atoms with E-state index >= 15 is 0 Å². The van der Waals surface area contributed by atoms with E-state index in [9.17, 15) is 0 Å². The molecule has 9 heteroatoms. The first kappa shape index (κ1) is 28.4. The third kappa shape index (κ3) is 6.01. The number of nitrogens with zero attached hydrogens (tertiary/aromatic N) is 5. The Bertz CT molecular complexity index is 1510. The van der Waals surface area contributed by atoms with Gasteiger partial charge in [0.25, 0.3) is 0 Å². The second kappa shape index (κ2) is 13.1. The molecule has 5 rings (SSSR count). The molecule has 0 spiro atoms. The second-order valence-electron chi connectivity index (χ2n) is 10.2. The van der Waals surface area contributed by atoms with Crippen molar-refractivity contribution in [3.05, 3.63) is 72.2 Å². The van der Waals surface area contributed by atoms with Gasteiger partial charge < -0.3 is 34.9 Å². The summed E-state index contributed by atoms with van der Waals surface area (Å²) >= 11 is 0. The third-order valence-electron chi connectivity index (χ3n) is 7.82. The summed E-state index contributed by atoms with van der Waals surface area (Å²) in [5.41, 5.74) is 13.1. The normalized spacial score (nSPS) is 13.2. The number of benzene rings is 2. The molecule has 1 aliphatic rings. The molecule has 0 aliphatic carbocycles. The Morgan fingerprint density at radius 2 is 2.00 bits per heavy atom. The standard InChI is InChI=1S/C32H41N7O2/c1-5-37(3)16-17-38(6-2)28-21-30(40-4)26(20-23(28)10-9-14-33)36-32-34-15-13-25(35-32)31-24-11-7-8-12-27(24)39-18-19-41-22-29(31)39/h7-9,11-15,20-21H,5-6,10,16-19,22,33H2,1-4H3,(H,34,35,36). The van der Waals surface area contributed by atoms with Crippen LogP contribution >= 0.6 is 0 Å². The van der Waals surface area contributed by atoms with Crippen molar-refractivity contribution in [3.8, 4) is 17.0 Å². The van der Waals surface area contributed by atoms with Crippen LogP contribution in [0.5, 0.6) is 5.75 Å². The molecule has 1 aliphatic heterocycles. The summed E-state index contributed by atoms with van der Waals surface area (Å²) in [6.07, 6.45) is 6.08. The first-order valence-electron chi connectivity index (χ1n) is 14.4. The van der Waals surface area contributed by atoms with Gasteiger partial charge in [0.1, 0.15) is 5.75 Å². The monoisotopic (exact) mass is 555 g/mol. The summed E-state index contributed by atoms with van der Waals surface area (Å²) in [5, 5.41) is 4.62. The van der Waals surface area contributed by atoms with E-state index in [4.69, 9.17) is 20.2 Å². The summed E-state index contributed by atoms with van der Waals surface area (Å²) in [5.74, 6) is 1.24. The number of hydrogen-bond donors (Lipinski definition) is 2. The Kier molecular flexibility index (Phi) is 9.06. The van der Waals surface area contributed by atoms with E-state index in [1.54, 1.807) is 19.5 Å². The van der Waals surface area contributed by atoms with Crippen LogP contribution in [0.15, 0.2) is 60.9 Å². The number of allylic oxidation sites excluding steroid dienone is 1. The predicted molar refractivity (Wildman–Crippen MR) is 167 cm³/mol. The van der Waals surface area contributed by atoms with Crippen LogP contribution in [0.1, 0.15) is 25.1 Å². The van der Waals surface area contributed by atoms with Crippen molar-refractivity contribution in [1.82, 2.24) is 19.4 Å². The molecule has 0 bridgehead atoms. The van der Waals surface area contributed by atoms with Gasteiger partial charge >= 0.3 is 0 Å². The topological polar surface area (TPSA) is 93.7 Å². The largest absolute Gasteiger partial charge is 0.494 e. The van der Waals surface area contributed by atoms with Gasteiger partial charge in [-0.1, -0.05) is 31.2 Å². The zero-order valence-corrected chi connectivity index (χ0v) is 24.6. The van der Waals surface area contributed by atoms with Crippen molar-refractivity contribution in [2.75, 3.05) is 57.2 Å². The molecule has 0 radical (unpaired) electrons. The van der Waals surface area contributed by atoms with Crippen LogP contribution < -0.4 is 20.7 Å². The molecule has 0 amide bonds. The SMILES string of the molecule is CCN(C)CCN(CC)c1cc(OC)c(Nc2nccc(-c3c4n(c5ccccc35)CCOC4)n2)cc1CC=CN. The Morgan fingerprint density at radius 3 is 2.78 bits per heavy atom. The first-order valence-corrected chi connectivity index (χ1v) is 14.4. The molecule has 41 heavy (non-hydrogen) atoms. The van der Waals surface area contributed by atoms with Crippen LogP contribution in [0.3, 0.4) is 0 Å². The maximum atomic E-state index is 5.88. The number of nitrogens with one attached hydrogen (secondary N) is 1. The molecule has 0 atom stereocenters. The van der Waals surface area contributed by atoms with Gasteiger partial charge in [-0.3, -0.25) is 0 Å². The molecule has 2 aromatic carbocycles. The fourth-order valence-electron chi connectivity index (χ4n) is 5.48. The molecular formula is C32H41N7O2. The van der Waals surface area contributed by atoms with E-state index in [0.717, 1.165) is 72.4 Å². The van der Waals surface area contributed by atoms with E-state index in [2.05, 4.69) is 82.0 Å². The van der Waals surface area contributed by atoms with Gasteiger partial charge in [-0.25, -0.2) is 9.97 Å². The van der Waals surface area contributed by atoms with Crippen LogP contribution in [0.4, 0.5) is 17.3 Å². The van der Waals surface area contributed by atoms with Gasteiger partial charge in [0.2, 0.25) is 5.95 Å². The molecule has 216 valence electrons. The third-order valence-corrected chi connectivity index (χ3v) is 7.82. The number of ether oxygens (including phenoxy) is 2. The summed E-state index contributed by atoms with van der Waals surface area (Å²) in [4.78, 5) is 14.2. The van der Waals surface area contributed by atoms with Gasteiger partial charge in [0.05, 0.1) is 37.4 Å². The molecule has 0 saturated heterocycles. The Labute approximate surface area is 242 Å². The highest BCUT2D eigenvalue weighted by Gasteiger charge is 2.22. The van der Waals surface area contributed by atoms with Gasteiger partial charge in [0.15, 0.2) is 0 Å². The van der Waals surface area contributed by atoms with E-state index < -0.39 is 0 Å². The van der Waals surface area contributed by atoms with E-state index in [0.29, 0.717) is 25.6 Å². The minimum absolute atomic E-state index is 0.506. The van der Waals surface area contributed by atoms with Crippen molar-refractivity contribution in [3.63, 3.8) is 0 Å². The quantitative estimate of drug-likeness (QED) is 0.247. The van der Waals surface area contributed by atoms with Crippen molar-refractivity contribution >= 4 is 28.2 Å². The molecule has 4 aromatic rings. The predicted octanol–water partition coefficient (Wildman–Crippen LogP) is 5.17. The molecule has 2 aromatic heterocycles. The van der Waals surface area contributed by atoms with Gasteiger partial charge in [0, 0.05) is 60.6 Å². The summed E-state index contributed by atoms with van der Waals surface area (Å²) in [7, 11) is 3.84. The second-order valence-corrected chi connectivity index (χ2v) is 10.2. The fourth-order valence-corrected chi connectivity index (χ4v) is 5.48. The zero-order chi connectivity index (χ0) is 28.8. The molecule has 0 saturated carbocycles. The lowest BCUT2D eigenvalue weighted by Crippen LogP contribution is -2.33. The number of anilines is 3. The fraction of sp³-hybridized carbons (Fsp3) is 0.375. The van der Waals surface area contributed by atoms with Crippen molar-refractivity contribution in [1.29, 1.82) is 0 Å². The lowest BCUT2D eigenvalue weighted by molar-refractivity contribution is 0.0869. The number of fused-ring (bicyclic) bond motifs is 3. The molecular weight excluding hydrogens is 514 g/mol. The highest BCUT2D eigenvalue weighted by Crippen LogP contribution is 2.38. The molecule has 0 unspecified atom stereocenters. The highest BCUT2D eigenvalue weighted by molar-refractivity contribution is 5.97. The number of nitrogens with two attached hydrogens (primary N) is 1. The van der Waals surface area contributed by atoms with Crippen LogP contribution in [-0.4, -0.2) is 66.4 Å². The molecule has 3 heterocycles. The van der Waals surface area contributed by atoms with Crippen molar-refractivity contribution in [2.24, 2.45) is 5.73 Å². The average Bonchev–Trinajstić information content (AvgIpc) is 3.35. The van der Waals surface area contributed by atoms with Crippen molar-refractivity contribution in [2.45, 2.75) is 33.4 Å². The molecule has 9 nitrogen and oxygen atoms in total. The lowest BCUT2D eigenvalue weighted by atomic mass is 10.1. The van der Waals surface area contributed by atoms with Crippen LogP contribution in [0.2, 0.25) is 0 Å². The Morgan fingerprint density at radius 1 is 1.15 bits per heavy atom. The summed E-state index contributed by atoms with van der Waals surface area (Å²) in [6.45, 7) is 10.3. The van der Waals surface area contributed by atoms with Crippen LogP contribution in [-0.2, 0) is 24.3 Å². The van der Waals surface area contributed by atoms with E-state index in [1.165, 1.54) is 10.9 Å². The average molecular weight is 556 g/mol.